The van der Waals surface area contributed by atoms with Gasteiger partial charge in [0.25, 0.3) is 5.56 Å². The number of hydrogen-bond donors (Lipinski definition) is 1. The average Bonchev–Trinajstić information content (AvgIpc) is 2.25. The van der Waals surface area contributed by atoms with E-state index in [1.54, 1.807) is 13.2 Å². The molecular formula is C10H16BrN3OS. The molecule has 1 unspecified atom stereocenters. The molecule has 4 nitrogen and oxygen atoms in total. The van der Waals surface area contributed by atoms with Gasteiger partial charge in [-0.2, -0.15) is 16.9 Å². The minimum absolute atomic E-state index is 0.123. The zero-order valence-corrected chi connectivity index (χ0v) is 12.1. The van der Waals surface area contributed by atoms with Crippen molar-refractivity contribution < 1.29 is 0 Å². The fraction of sp³-hybridized carbons (Fsp3) is 0.600. The summed E-state index contributed by atoms with van der Waals surface area (Å²) in [5, 5.41) is 7.20. The summed E-state index contributed by atoms with van der Waals surface area (Å²) in [6.07, 6.45) is 3.75. The van der Waals surface area contributed by atoms with Crippen LogP contribution in [-0.4, -0.2) is 28.3 Å². The summed E-state index contributed by atoms with van der Waals surface area (Å²) in [5.74, 6) is 1.66. The Balaban J connectivity index is 2.68. The number of halogens is 1. The zero-order chi connectivity index (χ0) is 12.1. The SMILES string of the molecule is CSCC(C)CNc1cnn(C)c(=O)c1Br. The van der Waals surface area contributed by atoms with E-state index >= 15 is 0 Å². The molecule has 0 aliphatic heterocycles. The summed E-state index contributed by atoms with van der Waals surface area (Å²) in [6.45, 7) is 3.01. The van der Waals surface area contributed by atoms with Crippen molar-refractivity contribution in [2.45, 2.75) is 6.92 Å². The number of rotatable bonds is 5. The zero-order valence-electron chi connectivity index (χ0n) is 9.66. The first-order valence-electron chi connectivity index (χ1n) is 5.01. The Labute approximate surface area is 108 Å². The molecule has 0 spiro atoms. The second-order valence-electron chi connectivity index (χ2n) is 3.74. The largest absolute Gasteiger partial charge is 0.382 e. The molecule has 0 aliphatic rings. The van der Waals surface area contributed by atoms with Crippen LogP contribution >= 0.6 is 27.7 Å². The smallest absolute Gasteiger partial charge is 0.282 e. The van der Waals surface area contributed by atoms with Crippen LogP contribution in [0.25, 0.3) is 0 Å². The van der Waals surface area contributed by atoms with Crippen molar-refractivity contribution >= 4 is 33.4 Å². The summed E-state index contributed by atoms with van der Waals surface area (Å²) >= 11 is 5.10. The monoisotopic (exact) mass is 305 g/mol. The average molecular weight is 306 g/mol. The summed E-state index contributed by atoms with van der Waals surface area (Å²) in [5.41, 5.74) is 0.638. The lowest BCUT2D eigenvalue weighted by Crippen LogP contribution is -2.22. The topological polar surface area (TPSA) is 46.9 Å². The third-order valence-corrected chi connectivity index (χ3v) is 3.84. The van der Waals surface area contributed by atoms with Gasteiger partial charge in [-0.3, -0.25) is 4.79 Å². The van der Waals surface area contributed by atoms with Gasteiger partial charge in [-0.25, -0.2) is 4.68 Å². The molecule has 0 bridgehead atoms. The molecule has 1 atom stereocenters. The van der Waals surface area contributed by atoms with Crippen molar-refractivity contribution in [2.75, 3.05) is 23.9 Å². The molecule has 1 N–H and O–H groups in total. The van der Waals surface area contributed by atoms with Gasteiger partial charge in [0.05, 0.1) is 11.9 Å². The minimum Gasteiger partial charge on any atom is -0.382 e. The first kappa shape index (κ1) is 13.6. The summed E-state index contributed by atoms with van der Waals surface area (Å²) in [4.78, 5) is 11.6. The van der Waals surface area contributed by atoms with E-state index in [4.69, 9.17) is 0 Å². The van der Waals surface area contributed by atoms with Gasteiger partial charge in [0, 0.05) is 13.6 Å². The molecule has 0 saturated carbocycles. The number of hydrogen-bond acceptors (Lipinski definition) is 4. The quantitative estimate of drug-likeness (QED) is 0.903. The first-order valence-corrected chi connectivity index (χ1v) is 7.19. The Morgan fingerprint density at radius 2 is 2.38 bits per heavy atom. The number of aryl methyl sites for hydroxylation is 1. The van der Waals surface area contributed by atoms with E-state index in [9.17, 15) is 4.79 Å². The lowest BCUT2D eigenvalue weighted by atomic mass is 10.2. The van der Waals surface area contributed by atoms with Crippen molar-refractivity contribution in [3.8, 4) is 0 Å². The van der Waals surface area contributed by atoms with Crippen LogP contribution in [0.15, 0.2) is 15.5 Å². The van der Waals surface area contributed by atoms with Crippen molar-refractivity contribution in [2.24, 2.45) is 13.0 Å². The molecule has 6 heteroatoms. The number of thioether (sulfide) groups is 1. The summed E-state index contributed by atoms with van der Waals surface area (Å²) < 4.78 is 1.85. The Kier molecular flexibility index (Phi) is 5.34. The Hall–Kier alpha value is -0.490. The van der Waals surface area contributed by atoms with E-state index in [2.05, 4.69) is 39.5 Å². The van der Waals surface area contributed by atoms with Crippen LogP contribution in [0.3, 0.4) is 0 Å². The van der Waals surface area contributed by atoms with Crippen molar-refractivity contribution in [3.05, 3.63) is 21.0 Å². The predicted octanol–water partition coefficient (Wildman–Crippen LogP) is 1.95. The maximum atomic E-state index is 11.6. The van der Waals surface area contributed by atoms with Gasteiger partial charge in [0.1, 0.15) is 4.47 Å². The highest BCUT2D eigenvalue weighted by molar-refractivity contribution is 9.10. The van der Waals surface area contributed by atoms with Crippen LogP contribution < -0.4 is 10.9 Å². The summed E-state index contributed by atoms with van der Waals surface area (Å²) in [6, 6.07) is 0. The van der Waals surface area contributed by atoms with Crippen LogP contribution in [0, 0.1) is 5.92 Å². The fourth-order valence-electron chi connectivity index (χ4n) is 1.26. The van der Waals surface area contributed by atoms with Crippen molar-refractivity contribution in [3.63, 3.8) is 0 Å². The molecule has 0 fully saturated rings. The van der Waals surface area contributed by atoms with E-state index in [0.717, 1.165) is 18.0 Å². The lowest BCUT2D eigenvalue weighted by Gasteiger charge is -2.13. The van der Waals surface area contributed by atoms with Gasteiger partial charge in [0.2, 0.25) is 0 Å². The van der Waals surface area contributed by atoms with Gasteiger partial charge in [0.15, 0.2) is 0 Å². The van der Waals surface area contributed by atoms with Gasteiger partial charge in [-0.1, -0.05) is 6.92 Å². The summed E-state index contributed by atoms with van der Waals surface area (Å²) in [7, 11) is 1.63. The second kappa shape index (κ2) is 6.30. The Morgan fingerprint density at radius 1 is 1.69 bits per heavy atom. The number of anilines is 1. The molecule has 1 aromatic heterocycles. The molecule has 0 aliphatic carbocycles. The predicted molar refractivity (Wildman–Crippen MR) is 73.2 cm³/mol. The standard InChI is InChI=1S/C10H16BrN3OS/c1-7(6-16-3)4-12-8-5-13-14(2)10(15)9(8)11/h5,7,12H,4,6H2,1-3H3. The van der Waals surface area contributed by atoms with Crippen molar-refractivity contribution in [1.29, 1.82) is 0 Å². The number of nitrogens with one attached hydrogen (secondary N) is 1. The van der Waals surface area contributed by atoms with E-state index in [1.807, 2.05) is 11.8 Å². The van der Waals surface area contributed by atoms with E-state index in [0.29, 0.717) is 10.4 Å². The van der Waals surface area contributed by atoms with Gasteiger partial charge < -0.3 is 5.32 Å². The number of nitrogens with zero attached hydrogens (tertiary/aromatic N) is 2. The molecular weight excluding hydrogens is 290 g/mol. The second-order valence-corrected chi connectivity index (χ2v) is 5.45. The van der Waals surface area contributed by atoms with E-state index < -0.39 is 0 Å². The Bertz CT molecular complexity index is 408. The molecule has 1 rings (SSSR count). The molecule has 0 aromatic carbocycles. The van der Waals surface area contributed by atoms with Crippen LogP contribution in [0.5, 0.6) is 0 Å². The Morgan fingerprint density at radius 3 is 3.00 bits per heavy atom. The van der Waals surface area contributed by atoms with Crippen LogP contribution in [-0.2, 0) is 7.05 Å². The highest BCUT2D eigenvalue weighted by Gasteiger charge is 2.07. The van der Waals surface area contributed by atoms with Crippen LogP contribution in [0.1, 0.15) is 6.92 Å². The molecule has 16 heavy (non-hydrogen) atoms. The van der Waals surface area contributed by atoms with Crippen molar-refractivity contribution in [1.82, 2.24) is 9.78 Å². The van der Waals surface area contributed by atoms with Gasteiger partial charge >= 0.3 is 0 Å². The fourth-order valence-corrected chi connectivity index (χ4v) is 2.45. The van der Waals surface area contributed by atoms with Gasteiger partial charge in [-0.15, -0.1) is 0 Å². The highest BCUT2D eigenvalue weighted by atomic mass is 79.9. The maximum Gasteiger partial charge on any atom is 0.282 e. The normalized spacial score (nSPS) is 12.5. The van der Waals surface area contributed by atoms with Crippen LogP contribution in [0.4, 0.5) is 5.69 Å². The maximum absolute atomic E-state index is 11.6. The van der Waals surface area contributed by atoms with E-state index in [-0.39, 0.29) is 5.56 Å². The first-order chi connectivity index (χ1) is 7.56. The van der Waals surface area contributed by atoms with Crippen LogP contribution in [0.2, 0.25) is 0 Å². The minimum atomic E-state index is -0.123. The lowest BCUT2D eigenvalue weighted by molar-refractivity contribution is 0.687. The van der Waals surface area contributed by atoms with E-state index in [1.165, 1.54) is 4.68 Å². The molecule has 0 saturated heterocycles. The third kappa shape index (κ3) is 3.52. The highest BCUT2D eigenvalue weighted by Crippen LogP contribution is 2.16. The molecule has 0 amide bonds. The molecule has 90 valence electrons. The molecule has 1 heterocycles. The molecule has 1 aromatic rings. The molecule has 0 radical (unpaired) electrons. The number of aromatic nitrogens is 2. The van der Waals surface area contributed by atoms with Gasteiger partial charge in [-0.05, 0) is 33.9 Å². The third-order valence-electron chi connectivity index (χ3n) is 2.17.